The van der Waals surface area contributed by atoms with Crippen LogP contribution in [0.25, 0.3) is 0 Å². The van der Waals surface area contributed by atoms with Crippen molar-refractivity contribution in [3.05, 3.63) is 70.8 Å². The summed E-state index contributed by atoms with van der Waals surface area (Å²) >= 11 is 0. The first kappa shape index (κ1) is 13.7. The average molecular weight is 261 g/mol. The lowest BCUT2D eigenvalue weighted by Gasteiger charge is -2.18. The molecule has 2 rings (SSSR count). The maximum Gasteiger partial charge on any atom is 0.126 e. The first-order valence-electron chi connectivity index (χ1n) is 6.36. The van der Waals surface area contributed by atoms with E-state index in [1.54, 1.807) is 7.05 Å². The van der Waals surface area contributed by atoms with E-state index in [-0.39, 0.29) is 6.04 Å². The molecule has 2 aromatic carbocycles. The highest BCUT2D eigenvalue weighted by Gasteiger charge is 2.14. The number of hydrogen-bond acceptors (Lipinski definition) is 1. The minimum absolute atomic E-state index is 0.211. The van der Waals surface area contributed by atoms with Crippen LogP contribution in [0.2, 0.25) is 0 Å². The van der Waals surface area contributed by atoms with E-state index in [0.717, 1.165) is 18.1 Å². The van der Waals surface area contributed by atoms with E-state index >= 15 is 0 Å². The van der Waals surface area contributed by atoms with Crippen LogP contribution in [0.3, 0.4) is 0 Å². The lowest BCUT2D eigenvalue weighted by atomic mass is 9.96. The molecule has 0 spiro atoms. The summed E-state index contributed by atoms with van der Waals surface area (Å²) in [7, 11) is 1.78. The van der Waals surface area contributed by atoms with Gasteiger partial charge in [0.05, 0.1) is 6.04 Å². The van der Waals surface area contributed by atoms with Crippen molar-refractivity contribution >= 4 is 0 Å². The SMILES string of the molecule is CCc1cccc(C(NC)c2cc(F)cc(F)c2)c1. The summed E-state index contributed by atoms with van der Waals surface area (Å²) in [6.07, 6.45) is 0.932. The van der Waals surface area contributed by atoms with Gasteiger partial charge in [0, 0.05) is 6.07 Å². The quantitative estimate of drug-likeness (QED) is 0.881. The molecule has 0 aromatic heterocycles. The van der Waals surface area contributed by atoms with Gasteiger partial charge in [0.1, 0.15) is 11.6 Å². The average Bonchev–Trinajstić information content (AvgIpc) is 2.39. The summed E-state index contributed by atoms with van der Waals surface area (Å²) in [5.41, 5.74) is 2.80. The fourth-order valence-corrected chi connectivity index (χ4v) is 2.26. The molecule has 0 aliphatic heterocycles. The van der Waals surface area contributed by atoms with Gasteiger partial charge in [-0.15, -0.1) is 0 Å². The van der Waals surface area contributed by atoms with Crippen molar-refractivity contribution in [3.8, 4) is 0 Å². The van der Waals surface area contributed by atoms with E-state index < -0.39 is 11.6 Å². The number of aryl methyl sites for hydroxylation is 1. The molecule has 0 aliphatic rings. The van der Waals surface area contributed by atoms with E-state index in [2.05, 4.69) is 18.3 Å². The van der Waals surface area contributed by atoms with Crippen LogP contribution in [-0.4, -0.2) is 7.05 Å². The summed E-state index contributed by atoms with van der Waals surface area (Å²) < 4.78 is 26.6. The van der Waals surface area contributed by atoms with Crippen LogP contribution in [-0.2, 0) is 6.42 Å². The number of nitrogens with one attached hydrogen (secondary N) is 1. The molecule has 19 heavy (non-hydrogen) atoms. The smallest absolute Gasteiger partial charge is 0.126 e. The molecule has 2 aromatic rings. The van der Waals surface area contributed by atoms with Crippen LogP contribution >= 0.6 is 0 Å². The molecule has 3 heteroatoms. The van der Waals surface area contributed by atoms with Crippen LogP contribution in [0.5, 0.6) is 0 Å². The zero-order valence-corrected chi connectivity index (χ0v) is 11.1. The van der Waals surface area contributed by atoms with Crippen LogP contribution in [0, 0.1) is 11.6 Å². The Morgan fingerprint density at radius 3 is 2.26 bits per heavy atom. The molecule has 100 valence electrons. The van der Waals surface area contributed by atoms with Crippen LogP contribution in [0.4, 0.5) is 8.78 Å². The van der Waals surface area contributed by atoms with Gasteiger partial charge in [-0.05, 0) is 42.3 Å². The first-order chi connectivity index (χ1) is 9.13. The third kappa shape index (κ3) is 3.18. The topological polar surface area (TPSA) is 12.0 Å². The zero-order chi connectivity index (χ0) is 13.8. The van der Waals surface area contributed by atoms with Crippen LogP contribution in [0.15, 0.2) is 42.5 Å². The Bertz CT molecular complexity index is 546. The van der Waals surface area contributed by atoms with Crippen molar-refractivity contribution in [3.63, 3.8) is 0 Å². The van der Waals surface area contributed by atoms with Crippen molar-refractivity contribution in [1.82, 2.24) is 5.32 Å². The standard InChI is InChI=1S/C16H17F2N/c1-3-11-5-4-6-12(7-11)16(19-2)13-8-14(17)10-15(18)9-13/h4-10,16,19H,3H2,1-2H3. The summed E-state index contributed by atoms with van der Waals surface area (Å²) in [5.74, 6) is -1.11. The van der Waals surface area contributed by atoms with E-state index in [1.807, 2.05) is 18.2 Å². The van der Waals surface area contributed by atoms with Crippen molar-refractivity contribution in [2.45, 2.75) is 19.4 Å². The Morgan fingerprint density at radius 1 is 1.00 bits per heavy atom. The fraction of sp³-hybridized carbons (Fsp3) is 0.250. The zero-order valence-electron chi connectivity index (χ0n) is 11.1. The van der Waals surface area contributed by atoms with Crippen molar-refractivity contribution < 1.29 is 8.78 Å². The van der Waals surface area contributed by atoms with Gasteiger partial charge in [0.25, 0.3) is 0 Å². The predicted octanol–water partition coefficient (Wildman–Crippen LogP) is 3.84. The van der Waals surface area contributed by atoms with E-state index in [0.29, 0.717) is 5.56 Å². The van der Waals surface area contributed by atoms with Gasteiger partial charge in [-0.25, -0.2) is 8.78 Å². The monoisotopic (exact) mass is 261 g/mol. The van der Waals surface area contributed by atoms with Crippen molar-refractivity contribution in [1.29, 1.82) is 0 Å². The third-order valence-corrected chi connectivity index (χ3v) is 3.20. The molecule has 1 unspecified atom stereocenters. The molecule has 1 nitrogen and oxygen atoms in total. The maximum absolute atomic E-state index is 13.3. The Kier molecular flexibility index (Phi) is 4.27. The molecule has 0 saturated heterocycles. The van der Waals surface area contributed by atoms with Gasteiger partial charge in [0.2, 0.25) is 0 Å². The number of halogens is 2. The molecule has 0 saturated carbocycles. The second-order valence-corrected chi connectivity index (χ2v) is 4.52. The largest absolute Gasteiger partial charge is 0.309 e. The van der Waals surface area contributed by atoms with Crippen LogP contribution < -0.4 is 5.32 Å². The highest BCUT2D eigenvalue weighted by molar-refractivity contribution is 5.34. The van der Waals surface area contributed by atoms with E-state index in [4.69, 9.17) is 0 Å². The minimum atomic E-state index is -0.554. The Hall–Kier alpha value is -1.74. The second-order valence-electron chi connectivity index (χ2n) is 4.52. The molecule has 0 fully saturated rings. The molecule has 1 N–H and O–H groups in total. The van der Waals surface area contributed by atoms with E-state index in [1.165, 1.54) is 17.7 Å². The normalized spacial score (nSPS) is 12.4. The lowest BCUT2D eigenvalue weighted by Crippen LogP contribution is -2.18. The third-order valence-electron chi connectivity index (χ3n) is 3.20. The summed E-state index contributed by atoms with van der Waals surface area (Å²) in [5, 5.41) is 3.11. The van der Waals surface area contributed by atoms with E-state index in [9.17, 15) is 8.78 Å². The number of benzene rings is 2. The molecule has 1 atom stereocenters. The molecular formula is C16H17F2N. The van der Waals surface area contributed by atoms with Crippen molar-refractivity contribution in [2.24, 2.45) is 0 Å². The molecule has 0 amide bonds. The summed E-state index contributed by atoms with van der Waals surface area (Å²) in [6, 6.07) is 11.4. The summed E-state index contributed by atoms with van der Waals surface area (Å²) in [6.45, 7) is 2.08. The molecule has 0 bridgehead atoms. The predicted molar refractivity (Wildman–Crippen MR) is 73.1 cm³/mol. The van der Waals surface area contributed by atoms with Crippen LogP contribution in [0.1, 0.15) is 29.7 Å². The Labute approximate surface area is 112 Å². The second kappa shape index (κ2) is 5.93. The number of hydrogen-bond donors (Lipinski definition) is 1. The lowest BCUT2D eigenvalue weighted by molar-refractivity contribution is 0.571. The Morgan fingerprint density at radius 2 is 1.68 bits per heavy atom. The fourth-order valence-electron chi connectivity index (χ4n) is 2.26. The maximum atomic E-state index is 13.3. The van der Waals surface area contributed by atoms with Gasteiger partial charge in [0.15, 0.2) is 0 Å². The van der Waals surface area contributed by atoms with Gasteiger partial charge < -0.3 is 5.32 Å². The number of rotatable bonds is 4. The molecular weight excluding hydrogens is 244 g/mol. The highest BCUT2D eigenvalue weighted by atomic mass is 19.1. The Balaban J connectivity index is 2.43. The molecule has 0 heterocycles. The van der Waals surface area contributed by atoms with Gasteiger partial charge in [-0.2, -0.15) is 0 Å². The minimum Gasteiger partial charge on any atom is -0.309 e. The van der Waals surface area contributed by atoms with Gasteiger partial charge in [-0.3, -0.25) is 0 Å². The highest BCUT2D eigenvalue weighted by Crippen LogP contribution is 2.24. The van der Waals surface area contributed by atoms with Gasteiger partial charge in [-0.1, -0.05) is 31.2 Å². The first-order valence-corrected chi connectivity index (χ1v) is 6.36. The van der Waals surface area contributed by atoms with Gasteiger partial charge >= 0.3 is 0 Å². The summed E-state index contributed by atoms with van der Waals surface area (Å²) in [4.78, 5) is 0. The van der Waals surface area contributed by atoms with Crippen molar-refractivity contribution in [2.75, 3.05) is 7.05 Å². The molecule has 0 aliphatic carbocycles. The molecule has 0 radical (unpaired) electrons.